The molecule has 0 fully saturated rings. The summed E-state index contributed by atoms with van der Waals surface area (Å²) in [6, 6.07) is 1.95. The Kier molecular flexibility index (Phi) is 2.48. The Labute approximate surface area is 73.4 Å². The number of carboxylic acids is 1. The van der Waals surface area contributed by atoms with E-state index in [0.29, 0.717) is 0 Å². The van der Waals surface area contributed by atoms with Gasteiger partial charge in [-0.05, 0) is 12.1 Å². The number of aromatic hydroxyl groups is 1. The highest BCUT2D eigenvalue weighted by molar-refractivity contribution is 5.76. The Morgan fingerprint density at radius 3 is 2.62 bits per heavy atom. The molecule has 0 aliphatic rings. The summed E-state index contributed by atoms with van der Waals surface area (Å²) in [5, 5.41) is 17.6. The molecule has 1 rings (SSSR count). The fourth-order valence-corrected chi connectivity index (χ4v) is 0.957. The van der Waals surface area contributed by atoms with Crippen molar-refractivity contribution >= 4 is 5.97 Å². The lowest BCUT2D eigenvalue weighted by Crippen LogP contribution is -2.21. The molecule has 4 nitrogen and oxygen atoms in total. The van der Waals surface area contributed by atoms with Crippen LogP contribution in [0.1, 0.15) is 11.6 Å². The van der Waals surface area contributed by atoms with E-state index in [2.05, 4.69) is 0 Å². The van der Waals surface area contributed by atoms with Crippen molar-refractivity contribution in [3.63, 3.8) is 0 Å². The molecule has 0 heterocycles. The quantitative estimate of drug-likeness (QED) is 0.630. The largest absolute Gasteiger partial charge is 0.507 e. The first-order valence-corrected chi connectivity index (χ1v) is 3.50. The van der Waals surface area contributed by atoms with E-state index < -0.39 is 29.1 Å². The van der Waals surface area contributed by atoms with E-state index in [9.17, 15) is 9.18 Å². The number of rotatable bonds is 2. The molecule has 13 heavy (non-hydrogen) atoms. The van der Waals surface area contributed by atoms with Crippen LogP contribution in [0.4, 0.5) is 4.39 Å². The number of phenols is 1. The number of carboxylic acid groups (broad SMARTS) is 1. The normalized spacial score (nSPS) is 12.5. The number of phenolic OH excluding ortho intramolecular Hbond substituents is 1. The Morgan fingerprint density at radius 2 is 2.15 bits per heavy atom. The van der Waals surface area contributed by atoms with Crippen LogP contribution in [0.25, 0.3) is 0 Å². The van der Waals surface area contributed by atoms with Crippen LogP contribution in [0.2, 0.25) is 0 Å². The molecule has 0 amide bonds. The molecule has 0 spiro atoms. The summed E-state index contributed by atoms with van der Waals surface area (Å²) in [4.78, 5) is 10.4. The van der Waals surface area contributed by atoms with Crippen molar-refractivity contribution < 1.29 is 19.4 Å². The molecule has 4 N–H and O–H groups in total. The molecule has 0 aliphatic carbocycles. The van der Waals surface area contributed by atoms with E-state index in [-0.39, 0.29) is 0 Å². The molecule has 1 unspecified atom stereocenters. The van der Waals surface area contributed by atoms with Crippen molar-refractivity contribution in [2.45, 2.75) is 6.04 Å². The number of halogens is 1. The molecule has 0 aromatic heterocycles. The van der Waals surface area contributed by atoms with E-state index >= 15 is 0 Å². The summed E-state index contributed by atoms with van der Waals surface area (Å²) < 4.78 is 13.0. The number of carbonyl (C=O) groups is 1. The lowest BCUT2D eigenvalue weighted by atomic mass is 10.1. The Bertz CT molecular complexity index is 320. The van der Waals surface area contributed by atoms with E-state index in [1.54, 1.807) is 0 Å². The highest BCUT2D eigenvalue weighted by Gasteiger charge is 2.21. The third-order valence-electron chi connectivity index (χ3n) is 1.61. The number of benzene rings is 1. The number of hydrogen-bond acceptors (Lipinski definition) is 3. The molecular weight excluding hydrogens is 177 g/mol. The zero-order valence-electron chi connectivity index (χ0n) is 6.57. The standard InChI is InChI=1S/C8H8FNO3/c9-4-2-1-3-5(11)6(4)7(10)8(12)13/h1-3,7,11H,10H2,(H,12,13). The second-order valence-electron chi connectivity index (χ2n) is 2.49. The van der Waals surface area contributed by atoms with Crippen LogP contribution < -0.4 is 5.73 Å². The maximum absolute atomic E-state index is 13.0. The van der Waals surface area contributed by atoms with Gasteiger partial charge in [0.05, 0.1) is 5.56 Å². The molecule has 1 aromatic carbocycles. The zero-order valence-corrected chi connectivity index (χ0v) is 6.57. The van der Waals surface area contributed by atoms with Crippen molar-refractivity contribution in [2.24, 2.45) is 5.73 Å². The van der Waals surface area contributed by atoms with Crippen LogP contribution in [0.15, 0.2) is 18.2 Å². The third-order valence-corrected chi connectivity index (χ3v) is 1.61. The zero-order chi connectivity index (χ0) is 10.0. The van der Waals surface area contributed by atoms with Gasteiger partial charge in [-0.15, -0.1) is 0 Å². The summed E-state index contributed by atoms with van der Waals surface area (Å²) in [6.45, 7) is 0. The second-order valence-corrected chi connectivity index (χ2v) is 2.49. The first-order chi connectivity index (χ1) is 6.04. The van der Waals surface area contributed by atoms with Gasteiger partial charge in [0, 0.05) is 0 Å². The molecule has 1 aromatic rings. The number of hydrogen-bond donors (Lipinski definition) is 3. The van der Waals surface area contributed by atoms with Crippen LogP contribution in [-0.2, 0) is 4.79 Å². The van der Waals surface area contributed by atoms with Crippen LogP contribution in [-0.4, -0.2) is 16.2 Å². The van der Waals surface area contributed by atoms with E-state index in [0.717, 1.165) is 6.07 Å². The maximum atomic E-state index is 13.0. The Hall–Kier alpha value is -1.62. The summed E-state index contributed by atoms with van der Waals surface area (Å²) in [5.74, 6) is -2.66. The van der Waals surface area contributed by atoms with Crippen LogP contribution in [0, 0.1) is 5.82 Å². The SMILES string of the molecule is NC(C(=O)O)c1c(O)cccc1F. The van der Waals surface area contributed by atoms with Crippen LogP contribution in [0.3, 0.4) is 0 Å². The minimum atomic E-state index is -1.54. The minimum Gasteiger partial charge on any atom is -0.507 e. The molecule has 0 saturated heterocycles. The van der Waals surface area contributed by atoms with Crippen molar-refractivity contribution in [3.8, 4) is 5.75 Å². The van der Waals surface area contributed by atoms with Gasteiger partial charge in [0.25, 0.3) is 0 Å². The van der Waals surface area contributed by atoms with Crippen molar-refractivity contribution in [2.75, 3.05) is 0 Å². The highest BCUT2D eigenvalue weighted by atomic mass is 19.1. The fourth-order valence-electron chi connectivity index (χ4n) is 0.957. The lowest BCUT2D eigenvalue weighted by molar-refractivity contribution is -0.138. The predicted octanol–water partition coefficient (Wildman–Crippen LogP) is 0.616. The van der Waals surface area contributed by atoms with Gasteiger partial charge in [-0.25, -0.2) is 4.39 Å². The maximum Gasteiger partial charge on any atom is 0.325 e. The fraction of sp³-hybridized carbons (Fsp3) is 0.125. The molecular formula is C8H8FNO3. The van der Waals surface area contributed by atoms with Gasteiger partial charge in [-0.1, -0.05) is 6.07 Å². The summed E-state index contributed by atoms with van der Waals surface area (Å²) in [5.41, 5.74) is 4.75. The monoisotopic (exact) mass is 185 g/mol. The smallest absolute Gasteiger partial charge is 0.325 e. The molecule has 5 heteroatoms. The number of aliphatic carboxylic acids is 1. The Balaban J connectivity index is 3.20. The Morgan fingerprint density at radius 1 is 1.54 bits per heavy atom. The molecule has 0 radical (unpaired) electrons. The first-order valence-electron chi connectivity index (χ1n) is 3.50. The number of nitrogens with two attached hydrogens (primary N) is 1. The summed E-state index contributed by atoms with van der Waals surface area (Å²) >= 11 is 0. The van der Waals surface area contributed by atoms with Crippen molar-refractivity contribution in [3.05, 3.63) is 29.6 Å². The van der Waals surface area contributed by atoms with Gasteiger partial charge in [-0.2, -0.15) is 0 Å². The van der Waals surface area contributed by atoms with Gasteiger partial charge in [0.2, 0.25) is 0 Å². The highest BCUT2D eigenvalue weighted by Crippen LogP contribution is 2.25. The molecule has 0 bridgehead atoms. The lowest BCUT2D eigenvalue weighted by Gasteiger charge is -2.09. The van der Waals surface area contributed by atoms with Gasteiger partial charge in [-0.3, -0.25) is 4.79 Å². The van der Waals surface area contributed by atoms with Gasteiger partial charge in [0.1, 0.15) is 17.6 Å². The molecule has 70 valence electrons. The van der Waals surface area contributed by atoms with Gasteiger partial charge >= 0.3 is 5.97 Å². The van der Waals surface area contributed by atoms with Gasteiger partial charge < -0.3 is 15.9 Å². The van der Waals surface area contributed by atoms with Crippen molar-refractivity contribution in [1.82, 2.24) is 0 Å². The predicted molar refractivity (Wildman–Crippen MR) is 42.6 cm³/mol. The van der Waals surface area contributed by atoms with E-state index in [4.69, 9.17) is 15.9 Å². The summed E-state index contributed by atoms with van der Waals surface area (Å²) in [7, 11) is 0. The molecule has 0 aliphatic heterocycles. The van der Waals surface area contributed by atoms with Crippen LogP contribution in [0.5, 0.6) is 5.75 Å². The van der Waals surface area contributed by atoms with E-state index in [1.807, 2.05) is 0 Å². The third kappa shape index (κ3) is 1.75. The second kappa shape index (κ2) is 3.40. The average molecular weight is 185 g/mol. The van der Waals surface area contributed by atoms with Crippen molar-refractivity contribution in [1.29, 1.82) is 0 Å². The minimum absolute atomic E-state index is 0.394. The molecule has 0 saturated carbocycles. The topological polar surface area (TPSA) is 83.6 Å². The van der Waals surface area contributed by atoms with Crippen LogP contribution >= 0.6 is 0 Å². The van der Waals surface area contributed by atoms with Gasteiger partial charge in [0.15, 0.2) is 0 Å². The average Bonchev–Trinajstić information content (AvgIpc) is 2.03. The first kappa shape index (κ1) is 9.47. The van der Waals surface area contributed by atoms with E-state index in [1.165, 1.54) is 12.1 Å². The summed E-state index contributed by atoms with van der Waals surface area (Å²) in [6.07, 6.45) is 0. The molecule has 1 atom stereocenters.